The van der Waals surface area contributed by atoms with Crippen LogP contribution in [0.3, 0.4) is 0 Å². The molecule has 0 aromatic carbocycles. The largest absolute Gasteiger partial charge is 0.430 e. The van der Waals surface area contributed by atoms with Crippen LogP contribution < -0.4 is 0 Å². The summed E-state index contributed by atoms with van der Waals surface area (Å²) >= 11 is 0. The third kappa shape index (κ3) is 4.56. The van der Waals surface area contributed by atoms with Gasteiger partial charge in [0, 0.05) is 19.4 Å². The van der Waals surface area contributed by atoms with E-state index < -0.39 is 11.8 Å². The van der Waals surface area contributed by atoms with Crippen LogP contribution in [0, 0.1) is 0 Å². The molecular formula is C8H14O3. The normalized spacial score (nSPS) is 16.4. The fourth-order valence-corrected chi connectivity index (χ4v) is 0.459. The molecule has 1 unspecified atom stereocenters. The lowest BCUT2D eigenvalue weighted by molar-refractivity contribution is -0.197. The molecule has 0 rings (SSSR count). The van der Waals surface area contributed by atoms with Crippen molar-refractivity contribution in [3.63, 3.8) is 0 Å². The van der Waals surface area contributed by atoms with Gasteiger partial charge in [0.1, 0.15) is 0 Å². The van der Waals surface area contributed by atoms with E-state index in [9.17, 15) is 9.90 Å². The van der Waals surface area contributed by atoms with Crippen LogP contribution in [0.5, 0.6) is 0 Å². The Bertz CT molecular complexity index is 159. The first-order valence-electron chi connectivity index (χ1n) is 3.60. The molecule has 0 aliphatic heterocycles. The lowest BCUT2D eigenvalue weighted by Crippen LogP contribution is -2.29. The average Bonchev–Trinajstić information content (AvgIpc) is 1.87. The molecule has 0 heterocycles. The molecule has 3 heteroatoms. The Morgan fingerprint density at radius 1 is 1.73 bits per heavy atom. The molecule has 0 saturated heterocycles. The van der Waals surface area contributed by atoms with E-state index in [1.54, 1.807) is 19.9 Å². The lowest BCUT2D eigenvalue weighted by Gasteiger charge is -2.20. The molecule has 0 aromatic rings. The number of allylic oxidation sites excluding steroid dienone is 1. The zero-order valence-corrected chi connectivity index (χ0v) is 7.13. The van der Waals surface area contributed by atoms with Gasteiger partial charge in [-0.05, 0) is 6.92 Å². The van der Waals surface area contributed by atoms with E-state index in [-0.39, 0.29) is 0 Å². The van der Waals surface area contributed by atoms with Crippen LogP contribution in [0.1, 0.15) is 27.2 Å². The monoisotopic (exact) mass is 158 g/mol. The third-order valence-electron chi connectivity index (χ3n) is 1.28. The van der Waals surface area contributed by atoms with Crippen molar-refractivity contribution in [1.29, 1.82) is 0 Å². The fourth-order valence-electron chi connectivity index (χ4n) is 0.459. The summed E-state index contributed by atoms with van der Waals surface area (Å²) in [5.74, 6) is -1.85. The second-order valence-electron chi connectivity index (χ2n) is 2.45. The Balaban J connectivity index is 3.93. The van der Waals surface area contributed by atoms with E-state index in [0.717, 1.165) is 0 Å². The first kappa shape index (κ1) is 10.2. The first-order valence-corrected chi connectivity index (χ1v) is 3.60. The minimum Gasteiger partial charge on any atom is -0.430 e. The number of hydrogen-bond donors (Lipinski definition) is 1. The summed E-state index contributed by atoms with van der Waals surface area (Å²) < 4.78 is 4.66. The van der Waals surface area contributed by atoms with Gasteiger partial charge in [-0.1, -0.05) is 13.0 Å². The van der Waals surface area contributed by atoms with Crippen molar-refractivity contribution in [3.05, 3.63) is 12.2 Å². The topological polar surface area (TPSA) is 46.5 Å². The Morgan fingerprint density at radius 2 is 2.27 bits per heavy atom. The summed E-state index contributed by atoms with van der Waals surface area (Å²) in [6.45, 7) is 4.90. The maximum Gasteiger partial charge on any atom is 0.332 e. The molecule has 0 fully saturated rings. The minimum absolute atomic E-state index is 0.385. The fraction of sp³-hybridized carbons (Fsp3) is 0.625. The maximum atomic E-state index is 10.7. The summed E-state index contributed by atoms with van der Waals surface area (Å²) in [6, 6.07) is 0. The second-order valence-corrected chi connectivity index (χ2v) is 2.45. The quantitative estimate of drug-likeness (QED) is 0.381. The van der Waals surface area contributed by atoms with Crippen molar-refractivity contribution in [2.24, 2.45) is 0 Å². The van der Waals surface area contributed by atoms with Crippen LogP contribution in [0.15, 0.2) is 12.2 Å². The number of esters is 1. The molecule has 11 heavy (non-hydrogen) atoms. The average molecular weight is 158 g/mol. The van der Waals surface area contributed by atoms with Gasteiger partial charge in [-0.3, -0.25) is 0 Å². The summed E-state index contributed by atoms with van der Waals surface area (Å²) in [5.41, 5.74) is 0. The lowest BCUT2D eigenvalue weighted by atomic mass is 10.2. The molecule has 0 aliphatic carbocycles. The molecular weight excluding hydrogens is 144 g/mol. The Morgan fingerprint density at radius 3 is 2.64 bits per heavy atom. The first-order chi connectivity index (χ1) is 5.02. The predicted molar refractivity (Wildman–Crippen MR) is 41.8 cm³/mol. The second kappa shape index (κ2) is 4.13. The Hall–Kier alpha value is -0.830. The van der Waals surface area contributed by atoms with Crippen molar-refractivity contribution in [2.75, 3.05) is 0 Å². The molecule has 64 valence electrons. The van der Waals surface area contributed by atoms with Crippen molar-refractivity contribution in [2.45, 2.75) is 33.0 Å². The van der Waals surface area contributed by atoms with Crippen molar-refractivity contribution in [1.82, 2.24) is 0 Å². The molecule has 1 atom stereocenters. The Labute approximate surface area is 66.7 Å². The van der Waals surface area contributed by atoms with E-state index in [4.69, 9.17) is 0 Å². The van der Waals surface area contributed by atoms with Crippen LogP contribution in [-0.2, 0) is 9.53 Å². The third-order valence-corrected chi connectivity index (χ3v) is 1.28. The van der Waals surface area contributed by atoms with Crippen LogP contribution >= 0.6 is 0 Å². The molecule has 0 aromatic heterocycles. The van der Waals surface area contributed by atoms with Crippen LogP contribution in [0.2, 0.25) is 0 Å². The SMILES string of the molecule is CC=CC(=O)OC(C)(O)CC. The van der Waals surface area contributed by atoms with Crippen molar-refractivity contribution < 1.29 is 14.6 Å². The highest BCUT2D eigenvalue weighted by molar-refractivity contribution is 5.82. The van der Waals surface area contributed by atoms with E-state index >= 15 is 0 Å². The molecule has 0 bridgehead atoms. The molecule has 0 spiro atoms. The summed E-state index contributed by atoms with van der Waals surface area (Å²) in [6.07, 6.45) is 3.22. The molecule has 1 N–H and O–H groups in total. The van der Waals surface area contributed by atoms with Gasteiger partial charge >= 0.3 is 5.97 Å². The van der Waals surface area contributed by atoms with Gasteiger partial charge in [-0.2, -0.15) is 0 Å². The molecule has 0 amide bonds. The molecule has 3 nitrogen and oxygen atoms in total. The molecule has 0 aliphatic rings. The highest BCUT2D eigenvalue weighted by atomic mass is 16.7. The zero-order valence-electron chi connectivity index (χ0n) is 7.13. The number of hydrogen-bond acceptors (Lipinski definition) is 3. The summed E-state index contributed by atoms with van der Waals surface area (Å²) in [5, 5.41) is 9.24. The van der Waals surface area contributed by atoms with Gasteiger partial charge in [0.05, 0.1) is 0 Å². The van der Waals surface area contributed by atoms with Gasteiger partial charge in [-0.15, -0.1) is 0 Å². The van der Waals surface area contributed by atoms with E-state index in [1.807, 2.05) is 0 Å². The maximum absolute atomic E-state index is 10.7. The van der Waals surface area contributed by atoms with Crippen LogP contribution in [0.25, 0.3) is 0 Å². The Kier molecular flexibility index (Phi) is 3.82. The summed E-state index contributed by atoms with van der Waals surface area (Å²) in [7, 11) is 0. The zero-order chi connectivity index (χ0) is 8.91. The summed E-state index contributed by atoms with van der Waals surface area (Å²) in [4.78, 5) is 10.7. The predicted octanol–water partition coefficient (Wildman–Crippen LogP) is 1.22. The number of carbonyl (C=O) groups is 1. The van der Waals surface area contributed by atoms with Gasteiger partial charge in [0.25, 0.3) is 0 Å². The van der Waals surface area contributed by atoms with Gasteiger partial charge in [-0.25, -0.2) is 4.79 Å². The number of aliphatic hydroxyl groups is 1. The van der Waals surface area contributed by atoms with Gasteiger partial charge in [0.15, 0.2) is 0 Å². The smallest absolute Gasteiger partial charge is 0.332 e. The van der Waals surface area contributed by atoms with E-state index in [0.29, 0.717) is 6.42 Å². The number of carbonyl (C=O) groups excluding carboxylic acids is 1. The van der Waals surface area contributed by atoms with Crippen LogP contribution in [0.4, 0.5) is 0 Å². The minimum atomic E-state index is -1.34. The highest BCUT2D eigenvalue weighted by Gasteiger charge is 2.20. The number of ether oxygens (including phenoxy) is 1. The van der Waals surface area contributed by atoms with Crippen molar-refractivity contribution >= 4 is 5.97 Å². The molecule has 0 saturated carbocycles. The van der Waals surface area contributed by atoms with Crippen LogP contribution in [-0.4, -0.2) is 16.9 Å². The number of rotatable bonds is 3. The van der Waals surface area contributed by atoms with E-state index in [1.165, 1.54) is 13.0 Å². The van der Waals surface area contributed by atoms with E-state index in [2.05, 4.69) is 4.74 Å². The van der Waals surface area contributed by atoms with Crippen molar-refractivity contribution in [3.8, 4) is 0 Å². The highest BCUT2D eigenvalue weighted by Crippen LogP contribution is 2.10. The molecule has 0 radical (unpaired) electrons. The van der Waals surface area contributed by atoms with Gasteiger partial charge < -0.3 is 9.84 Å². The standard InChI is InChI=1S/C8H14O3/c1-4-6-7(9)11-8(3,10)5-2/h4,6,10H,5H2,1-3H3. The van der Waals surface area contributed by atoms with Gasteiger partial charge in [0.2, 0.25) is 5.79 Å².